The summed E-state index contributed by atoms with van der Waals surface area (Å²) in [5.41, 5.74) is 4.23. The molecule has 5 nitrogen and oxygen atoms in total. The van der Waals surface area contributed by atoms with E-state index in [0.717, 1.165) is 18.5 Å². The Hall–Kier alpha value is -2.21. The van der Waals surface area contributed by atoms with E-state index in [9.17, 15) is 9.59 Å². The number of carbonyl (C=O) groups excluding carboxylic acids is 2. The minimum Gasteiger partial charge on any atom is -0.352 e. The first-order chi connectivity index (χ1) is 11.5. The molecule has 1 aliphatic rings. The highest BCUT2D eigenvalue weighted by atomic mass is 32.1. The van der Waals surface area contributed by atoms with Crippen molar-refractivity contribution < 1.29 is 9.59 Å². The summed E-state index contributed by atoms with van der Waals surface area (Å²) in [6.07, 6.45) is 1.71. The maximum absolute atomic E-state index is 12.1. The zero-order valence-corrected chi connectivity index (χ0v) is 14.8. The van der Waals surface area contributed by atoms with E-state index < -0.39 is 0 Å². The third-order valence-corrected chi connectivity index (χ3v) is 5.07. The second-order valence-corrected chi connectivity index (χ2v) is 6.99. The molecular formula is C18H21N3O2S. The fourth-order valence-electron chi connectivity index (χ4n) is 2.82. The van der Waals surface area contributed by atoms with Gasteiger partial charge in [-0.1, -0.05) is 23.8 Å². The van der Waals surface area contributed by atoms with Gasteiger partial charge in [-0.15, -0.1) is 11.3 Å². The van der Waals surface area contributed by atoms with Crippen LogP contribution in [-0.2, 0) is 22.6 Å². The maximum atomic E-state index is 12.1. The van der Waals surface area contributed by atoms with Crippen LogP contribution in [0.4, 0.5) is 5.13 Å². The summed E-state index contributed by atoms with van der Waals surface area (Å²) in [5.74, 6) is 0.0646. The molecule has 0 radical (unpaired) electrons. The van der Waals surface area contributed by atoms with E-state index in [1.165, 1.54) is 22.5 Å². The predicted octanol–water partition coefficient (Wildman–Crippen LogP) is 2.75. The number of aromatic nitrogens is 1. The summed E-state index contributed by atoms with van der Waals surface area (Å²) < 4.78 is 0. The van der Waals surface area contributed by atoms with Gasteiger partial charge in [-0.25, -0.2) is 4.98 Å². The van der Waals surface area contributed by atoms with E-state index in [1.807, 2.05) is 24.4 Å². The maximum Gasteiger partial charge on any atom is 0.228 e. The van der Waals surface area contributed by atoms with E-state index in [0.29, 0.717) is 23.8 Å². The first-order valence-electron chi connectivity index (χ1n) is 8.10. The molecule has 0 aliphatic carbocycles. The summed E-state index contributed by atoms with van der Waals surface area (Å²) in [6.45, 7) is 5.35. The Balaban J connectivity index is 1.55. The Kier molecular flexibility index (Phi) is 4.94. The van der Waals surface area contributed by atoms with E-state index >= 15 is 0 Å². The van der Waals surface area contributed by atoms with Crippen molar-refractivity contribution >= 4 is 28.3 Å². The first-order valence-corrected chi connectivity index (χ1v) is 8.98. The van der Waals surface area contributed by atoms with Gasteiger partial charge in [0.25, 0.3) is 0 Å². The number of thiazole rings is 1. The van der Waals surface area contributed by atoms with Crippen LogP contribution in [0.3, 0.4) is 0 Å². The molecule has 6 heteroatoms. The van der Waals surface area contributed by atoms with Crippen LogP contribution in [-0.4, -0.2) is 23.3 Å². The predicted molar refractivity (Wildman–Crippen MR) is 95.2 cm³/mol. The molecule has 24 heavy (non-hydrogen) atoms. The number of aryl methyl sites for hydroxylation is 2. The number of anilines is 1. The molecule has 2 aromatic rings. The van der Waals surface area contributed by atoms with E-state index in [-0.39, 0.29) is 18.2 Å². The molecule has 126 valence electrons. The molecule has 1 N–H and O–H groups in total. The van der Waals surface area contributed by atoms with Gasteiger partial charge < -0.3 is 5.32 Å². The summed E-state index contributed by atoms with van der Waals surface area (Å²) >= 11 is 1.43. The summed E-state index contributed by atoms with van der Waals surface area (Å²) in [4.78, 5) is 30.0. The zero-order valence-electron chi connectivity index (χ0n) is 14.0. The second-order valence-electron chi connectivity index (χ2n) is 6.15. The topological polar surface area (TPSA) is 62.3 Å². The third kappa shape index (κ3) is 3.82. The molecule has 1 fully saturated rings. The molecule has 0 atom stereocenters. The average Bonchev–Trinajstić information content (AvgIpc) is 3.15. The Morgan fingerprint density at radius 1 is 1.38 bits per heavy atom. The standard InChI is InChI=1S/C18H21N3O2S/c1-12-5-6-14(13(2)8-12)10-19-16(22)9-15-11-24-18(20-15)21-7-3-4-17(21)23/h5-6,8,11H,3-4,7,9-10H2,1-2H3,(H,19,22). The van der Waals surface area contributed by atoms with Gasteiger partial charge in [0.15, 0.2) is 5.13 Å². The third-order valence-electron chi connectivity index (χ3n) is 4.16. The quantitative estimate of drug-likeness (QED) is 0.908. The molecule has 0 spiro atoms. The minimum absolute atomic E-state index is 0.0560. The molecule has 0 saturated carbocycles. The number of benzene rings is 1. The molecule has 1 aromatic carbocycles. The Morgan fingerprint density at radius 2 is 2.21 bits per heavy atom. The molecule has 0 bridgehead atoms. The smallest absolute Gasteiger partial charge is 0.228 e. The van der Waals surface area contributed by atoms with Gasteiger partial charge in [-0.05, 0) is 31.4 Å². The molecule has 1 aromatic heterocycles. The largest absolute Gasteiger partial charge is 0.352 e. The zero-order chi connectivity index (χ0) is 17.1. The Labute approximate surface area is 145 Å². The highest BCUT2D eigenvalue weighted by molar-refractivity contribution is 7.14. The second kappa shape index (κ2) is 7.13. The van der Waals surface area contributed by atoms with Gasteiger partial charge in [-0.3, -0.25) is 14.5 Å². The number of hydrogen-bond acceptors (Lipinski definition) is 4. The number of amides is 2. The minimum atomic E-state index is -0.0560. The SMILES string of the molecule is Cc1ccc(CNC(=O)Cc2csc(N3CCCC3=O)n2)c(C)c1. The number of hydrogen-bond donors (Lipinski definition) is 1. The summed E-state index contributed by atoms with van der Waals surface area (Å²) in [5, 5.41) is 5.50. The normalized spacial score (nSPS) is 14.2. The summed E-state index contributed by atoms with van der Waals surface area (Å²) in [6, 6.07) is 6.21. The number of nitrogens with zero attached hydrogens (tertiary/aromatic N) is 2. The van der Waals surface area contributed by atoms with E-state index in [2.05, 4.69) is 23.3 Å². The van der Waals surface area contributed by atoms with Crippen LogP contribution in [0, 0.1) is 13.8 Å². The monoisotopic (exact) mass is 343 g/mol. The van der Waals surface area contributed by atoms with Crippen molar-refractivity contribution in [1.82, 2.24) is 10.3 Å². The van der Waals surface area contributed by atoms with Crippen LogP contribution < -0.4 is 10.2 Å². The van der Waals surface area contributed by atoms with Gasteiger partial charge in [-0.2, -0.15) is 0 Å². The van der Waals surface area contributed by atoms with Crippen molar-refractivity contribution in [3.8, 4) is 0 Å². The van der Waals surface area contributed by atoms with Crippen LogP contribution in [0.15, 0.2) is 23.6 Å². The number of nitrogens with one attached hydrogen (secondary N) is 1. The van der Waals surface area contributed by atoms with Crippen molar-refractivity contribution in [2.75, 3.05) is 11.4 Å². The molecule has 3 rings (SSSR count). The summed E-state index contributed by atoms with van der Waals surface area (Å²) in [7, 11) is 0. The Morgan fingerprint density at radius 3 is 2.92 bits per heavy atom. The van der Waals surface area contributed by atoms with Crippen LogP contribution in [0.5, 0.6) is 0 Å². The van der Waals surface area contributed by atoms with Crippen LogP contribution in [0.1, 0.15) is 35.2 Å². The van der Waals surface area contributed by atoms with Crippen LogP contribution >= 0.6 is 11.3 Å². The fraction of sp³-hybridized carbons (Fsp3) is 0.389. The lowest BCUT2D eigenvalue weighted by Crippen LogP contribution is -2.25. The molecule has 1 aliphatic heterocycles. The van der Waals surface area contributed by atoms with Gasteiger partial charge >= 0.3 is 0 Å². The van der Waals surface area contributed by atoms with Crippen molar-refractivity contribution in [3.63, 3.8) is 0 Å². The molecule has 2 heterocycles. The lowest BCUT2D eigenvalue weighted by atomic mass is 10.1. The molecular weight excluding hydrogens is 322 g/mol. The lowest BCUT2D eigenvalue weighted by Gasteiger charge is -2.10. The molecule has 2 amide bonds. The highest BCUT2D eigenvalue weighted by Crippen LogP contribution is 2.25. The fourth-order valence-corrected chi connectivity index (χ4v) is 3.68. The van der Waals surface area contributed by atoms with Gasteiger partial charge in [0.2, 0.25) is 11.8 Å². The van der Waals surface area contributed by atoms with Crippen molar-refractivity contribution in [1.29, 1.82) is 0 Å². The Bertz CT molecular complexity index is 769. The van der Waals surface area contributed by atoms with Crippen molar-refractivity contribution in [2.24, 2.45) is 0 Å². The lowest BCUT2D eigenvalue weighted by molar-refractivity contribution is -0.120. The number of rotatable bonds is 5. The van der Waals surface area contributed by atoms with Crippen molar-refractivity contribution in [3.05, 3.63) is 46.0 Å². The van der Waals surface area contributed by atoms with Crippen LogP contribution in [0.2, 0.25) is 0 Å². The highest BCUT2D eigenvalue weighted by Gasteiger charge is 2.24. The molecule has 0 unspecified atom stereocenters. The first kappa shape index (κ1) is 16.6. The van der Waals surface area contributed by atoms with Crippen LogP contribution in [0.25, 0.3) is 0 Å². The van der Waals surface area contributed by atoms with Crippen molar-refractivity contribution in [2.45, 2.75) is 39.7 Å². The molecule has 1 saturated heterocycles. The van der Waals surface area contributed by atoms with E-state index in [4.69, 9.17) is 0 Å². The van der Waals surface area contributed by atoms with Gasteiger partial charge in [0.05, 0.1) is 12.1 Å². The number of carbonyl (C=O) groups is 2. The van der Waals surface area contributed by atoms with E-state index in [1.54, 1.807) is 4.90 Å². The van der Waals surface area contributed by atoms with Gasteiger partial charge in [0.1, 0.15) is 0 Å². The van der Waals surface area contributed by atoms with Gasteiger partial charge in [0, 0.05) is 24.9 Å². The average molecular weight is 343 g/mol.